The van der Waals surface area contributed by atoms with Crippen molar-refractivity contribution in [3.63, 3.8) is 0 Å². The highest BCUT2D eigenvalue weighted by atomic mass is 35.5. The van der Waals surface area contributed by atoms with Crippen LogP contribution in [0.1, 0.15) is 58.9 Å². The van der Waals surface area contributed by atoms with Crippen LogP contribution in [0.2, 0.25) is 5.02 Å². The molecule has 2 saturated heterocycles. The molecule has 3 heterocycles. The van der Waals surface area contributed by atoms with Gasteiger partial charge in [-0.25, -0.2) is 9.59 Å². The number of hydrogen-bond donors (Lipinski definition) is 3. The Morgan fingerprint density at radius 2 is 1.85 bits per heavy atom. The van der Waals surface area contributed by atoms with Gasteiger partial charge in [-0.15, -0.1) is 0 Å². The first-order chi connectivity index (χ1) is 31.9. The van der Waals surface area contributed by atoms with Crippen molar-refractivity contribution in [1.82, 2.24) is 15.5 Å². The van der Waals surface area contributed by atoms with Crippen LogP contribution in [0.15, 0.2) is 41.0 Å². The number of benzene rings is 1. The fourth-order valence-corrected chi connectivity index (χ4v) is 9.88. The Kier molecular flexibility index (Phi) is 21.9. The molecule has 372 valence electrons. The van der Waals surface area contributed by atoms with Crippen LogP contribution in [0.25, 0.3) is 10.4 Å². The third kappa shape index (κ3) is 15.9. The first-order valence-electron chi connectivity index (χ1n) is 21.9. The molecule has 0 saturated carbocycles. The average Bonchev–Trinajstić information content (AvgIpc) is 3.99. The molecule has 0 radical (unpaired) electrons. The number of alkyl carbamates (subject to hydrolysis) is 1. The summed E-state index contributed by atoms with van der Waals surface area (Å²) in [6, 6.07) is 2.51. The summed E-state index contributed by atoms with van der Waals surface area (Å²) in [6.07, 6.45) is 1.03. The van der Waals surface area contributed by atoms with Crippen LogP contribution in [0.3, 0.4) is 0 Å². The molecule has 67 heavy (non-hydrogen) atoms. The van der Waals surface area contributed by atoms with Gasteiger partial charge in [-0.1, -0.05) is 69.0 Å². The molecule has 1 unspecified atom stereocenters. The zero-order valence-electron chi connectivity index (χ0n) is 39.3. The lowest BCUT2D eigenvalue weighted by molar-refractivity contribution is -0.162. The van der Waals surface area contributed by atoms with Gasteiger partial charge in [0.15, 0.2) is 5.72 Å². The quantitative estimate of drug-likeness (QED) is 0.0274. The van der Waals surface area contributed by atoms with Crippen molar-refractivity contribution in [2.24, 2.45) is 11.0 Å². The number of esters is 1. The lowest BCUT2D eigenvalue weighted by Gasteiger charge is -2.42. The number of allylic oxidation sites excluding steroid dienone is 3. The second-order valence-corrected chi connectivity index (χ2v) is 19.7. The molecule has 2 fully saturated rings. The van der Waals surface area contributed by atoms with E-state index in [0.717, 1.165) is 11.1 Å². The number of methoxy groups -OCH3 is 2. The third-order valence-corrected chi connectivity index (χ3v) is 14.5. The van der Waals surface area contributed by atoms with E-state index in [2.05, 4.69) is 20.7 Å². The molecule has 4 rings (SSSR count). The minimum Gasteiger partial charge on any atom is -0.495 e. The zero-order valence-corrected chi connectivity index (χ0v) is 41.7. The Labute approximate surface area is 404 Å². The number of aliphatic hydroxyl groups is 1. The summed E-state index contributed by atoms with van der Waals surface area (Å²) in [4.78, 5) is 72.0. The number of fused-ring (bicyclic) bond motifs is 5. The van der Waals surface area contributed by atoms with Gasteiger partial charge in [0.2, 0.25) is 17.7 Å². The van der Waals surface area contributed by atoms with Gasteiger partial charge in [0, 0.05) is 75.9 Å². The average molecular weight is 999 g/mol. The maximum Gasteiger partial charge on any atom is 0.409 e. The van der Waals surface area contributed by atoms with Crippen molar-refractivity contribution in [3.8, 4) is 5.75 Å². The van der Waals surface area contributed by atoms with Crippen LogP contribution >= 0.6 is 33.2 Å². The standard InChI is InChI=1S/C44H64ClN7O13S2/c1-27-10-9-11-34(60-8)44(58)26-33(63-42(57)49-44)28(2)40-43(4,65-40)35(25-38(55)52(6)31-23-30(22-27)24-32(59-7)39(31)45)64-41(56)29(3)51(5)37(54)13-21-67-66-20-12-36(53)47-14-16-61-18-19-62-17-15-48-50-46/h9-11,23-24,28-29,33-35,40,58H,12-22,25-26H2,1-8H3,(H,47,53)(H,49,57)/b11-9+,27-10+/t28?,29-,33-,34+,35-,40-,43+,44-/m1/s1. The number of hydrogen-bond acceptors (Lipinski definition) is 16. The summed E-state index contributed by atoms with van der Waals surface area (Å²) in [5, 5.41) is 20.7. The maximum atomic E-state index is 14.3. The molecule has 20 nitrogen and oxygen atoms in total. The molecule has 0 aliphatic carbocycles. The fraction of sp³-hybridized carbons (Fsp3) is 0.659. The Balaban J connectivity index is 1.40. The number of nitrogens with one attached hydrogen (secondary N) is 2. The van der Waals surface area contributed by atoms with E-state index in [1.54, 1.807) is 45.2 Å². The maximum absolute atomic E-state index is 14.3. The molecule has 0 spiro atoms. The van der Waals surface area contributed by atoms with E-state index in [1.807, 2.05) is 13.0 Å². The van der Waals surface area contributed by atoms with Crippen LogP contribution in [0.5, 0.6) is 5.75 Å². The van der Waals surface area contributed by atoms with Crippen LogP contribution in [-0.4, -0.2) is 161 Å². The predicted octanol–water partition coefficient (Wildman–Crippen LogP) is 5.14. The SMILES string of the molecule is COc1cc2cc(c1Cl)N(C)C(=O)C[C@@H](OC(=O)[C@@H](C)N(C)C(=O)CCSSCCC(=O)NCCOCCOCCN=[N+]=[N-])[C@]1(C)O[C@@H]1C(C)[C@H]1C[C@](O)(NC(=O)O1)[C@@H](OC)/C=C/C=C(\C)C2. The highest BCUT2D eigenvalue weighted by molar-refractivity contribution is 8.76. The summed E-state index contributed by atoms with van der Waals surface area (Å²) in [5.41, 5.74) is 7.18. The molecule has 1 aromatic carbocycles. The van der Waals surface area contributed by atoms with Crippen molar-refractivity contribution in [2.45, 2.75) is 102 Å². The summed E-state index contributed by atoms with van der Waals surface area (Å²) in [5.74, 6) is -0.946. The number of azide groups is 1. The van der Waals surface area contributed by atoms with Gasteiger partial charge in [0.25, 0.3) is 0 Å². The second-order valence-electron chi connectivity index (χ2n) is 16.6. The van der Waals surface area contributed by atoms with E-state index in [4.69, 9.17) is 50.3 Å². The number of carbonyl (C=O) groups excluding carboxylic acids is 5. The summed E-state index contributed by atoms with van der Waals surface area (Å²) in [6.45, 7) is 8.88. The molecular formula is C44H64ClN7O13S2. The Morgan fingerprint density at radius 1 is 1.15 bits per heavy atom. The molecule has 3 aliphatic heterocycles. The van der Waals surface area contributed by atoms with Crippen LogP contribution in [-0.2, 0) is 54.0 Å². The Bertz CT molecular complexity index is 2010. The number of halogens is 1. The van der Waals surface area contributed by atoms with Gasteiger partial charge in [-0.3, -0.25) is 19.7 Å². The largest absolute Gasteiger partial charge is 0.495 e. The van der Waals surface area contributed by atoms with Crippen molar-refractivity contribution in [1.29, 1.82) is 0 Å². The number of likely N-dealkylation sites (N-methyl/N-ethyl adjacent to an activating group) is 1. The lowest BCUT2D eigenvalue weighted by atomic mass is 9.83. The number of epoxide rings is 1. The summed E-state index contributed by atoms with van der Waals surface area (Å²) in [7, 11) is 8.84. The van der Waals surface area contributed by atoms with E-state index in [-0.39, 0.29) is 49.1 Å². The summed E-state index contributed by atoms with van der Waals surface area (Å²) >= 11 is 6.80. The molecule has 4 bridgehead atoms. The van der Waals surface area contributed by atoms with Crippen LogP contribution < -0.4 is 20.3 Å². The molecular weight excluding hydrogens is 934 g/mol. The number of carbonyl (C=O) groups is 5. The first kappa shape index (κ1) is 55.3. The van der Waals surface area contributed by atoms with Crippen molar-refractivity contribution in [3.05, 3.63) is 57.0 Å². The van der Waals surface area contributed by atoms with E-state index < -0.39 is 65.7 Å². The minimum atomic E-state index is -1.86. The van der Waals surface area contributed by atoms with Gasteiger partial charge in [0.05, 0.1) is 51.7 Å². The second kappa shape index (κ2) is 26.5. The smallest absolute Gasteiger partial charge is 0.409 e. The van der Waals surface area contributed by atoms with Crippen LogP contribution in [0.4, 0.5) is 10.5 Å². The number of rotatable bonds is 21. The summed E-state index contributed by atoms with van der Waals surface area (Å²) < 4.78 is 40.0. The van der Waals surface area contributed by atoms with E-state index in [0.29, 0.717) is 62.3 Å². The molecule has 4 amide bonds. The monoisotopic (exact) mass is 997 g/mol. The number of nitrogens with zero attached hydrogens (tertiary/aromatic N) is 5. The molecule has 8 atom stereocenters. The van der Waals surface area contributed by atoms with Gasteiger partial charge in [-0.05, 0) is 50.4 Å². The van der Waals surface area contributed by atoms with Gasteiger partial charge in [-0.2, -0.15) is 0 Å². The zero-order chi connectivity index (χ0) is 49.3. The molecule has 1 aromatic rings. The Morgan fingerprint density at radius 3 is 2.54 bits per heavy atom. The van der Waals surface area contributed by atoms with Crippen molar-refractivity contribution < 1.29 is 62.2 Å². The molecule has 23 heteroatoms. The Hall–Kier alpha value is -4.25. The number of anilines is 1. The van der Waals surface area contributed by atoms with Gasteiger partial charge in [0.1, 0.15) is 40.7 Å². The van der Waals surface area contributed by atoms with E-state index in [1.165, 1.54) is 59.6 Å². The van der Waals surface area contributed by atoms with Crippen LogP contribution in [0, 0.1) is 5.92 Å². The number of ether oxygens (including phenoxy) is 7. The molecule has 3 N–H and O–H groups in total. The van der Waals surface area contributed by atoms with Crippen molar-refractivity contribution >= 4 is 68.7 Å². The van der Waals surface area contributed by atoms with Gasteiger partial charge < -0.3 is 53.4 Å². The predicted molar refractivity (Wildman–Crippen MR) is 254 cm³/mol. The highest BCUT2D eigenvalue weighted by Crippen LogP contribution is 2.49. The fourth-order valence-electron chi connectivity index (χ4n) is 7.60. The van der Waals surface area contributed by atoms with E-state index in [9.17, 15) is 29.1 Å². The van der Waals surface area contributed by atoms with Gasteiger partial charge >= 0.3 is 12.1 Å². The number of amides is 4. The topological polar surface area (TPSA) is 253 Å². The third-order valence-electron chi connectivity index (χ3n) is 11.8. The minimum absolute atomic E-state index is 0.0778. The molecule has 0 aromatic heterocycles. The van der Waals surface area contributed by atoms with E-state index >= 15 is 0 Å². The lowest BCUT2D eigenvalue weighted by Crippen LogP contribution is -2.63. The highest BCUT2D eigenvalue weighted by Gasteiger charge is 2.64. The normalized spacial score (nSPS) is 26.9. The first-order valence-corrected chi connectivity index (χ1v) is 24.8. The molecule has 3 aliphatic rings. The van der Waals surface area contributed by atoms with Crippen molar-refractivity contribution in [2.75, 3.05) is 84.2 Å².